The number of anilines is 2. The summed E-state index contributed by atoms with van der Waals surface area (Å²) >= 11 is 0. The maximum absolute atomic E-state index is 4.57. The third-order valence-electron chi connectivity index (χ3n) is 3.51. The van der Waals surface area contributed by atoms with Crippen LogP contribution in [0.5, 0.6) is 0 Å². The molecule has 4 heteroatoms. The molecule has 1 N–H and O–H groups in total. The summed E-state index contributed by atoms with van der Waals surface area (Å²) in [6, 6.07) is 2.20. The van der Waals surface area contributed by atoms with E-state index in [1.807, 2.05) is 6.20 Å². The molecule has 0 saturated carbocycles. The first-order valence-corrected chi connectivity index (χ1v) is 5.99. The van der Waals surface area contributed by atoms with Gasteiger partial charge in [0.2, 0.25) is 0 Å². The SMILES string of the molecule is CN1CCN(c2cc3c(cn2)CCN3)CC1. The number of rotatable bonds is 1. The molecule has 0 aromatic carbocycles. The topological polar surface area (TPSA) is 31.4 Å². The summed E-state index contributed by atoms with van der Waals surface area (Å²) in [5.41, 5.74) is 2.64. The first-order chi connectivity index (χ1) is 7.83. The minimum Gasteiger partial charge on any atom is -0.384 e. The van der Waals surface area contributed by atoms with E-state index in [1.54, 1.807) is 0 Å². The lowest BCUT2D eigenvalue weighted by atomic mass is 10.2. The summed E-state index contributed by atoms with van der Waals surface area (Å²) in [4.78, 5) is 9.30. The van der Waals surface area contributed by atoms with Gasteiger partial charge in [-0.2, -0.15) is 0 Å². The Morgan fingerprint density at radius 3 is 2.88 bits per heavy atom. The molecule has 1 aromatic rings. The number of likely N-dealkylation sites (N-methyl/N-ethyl adjacent to an activating group) is 1. The maximum Gasteiger partial charge on any atom is 0.130 e. The van der Waals surface area contributed by atoms with Gasteiger partial charge in [-0.1, -0.05) is 0 Å². The first-order valence-electron chi connectivity index (χ1n) is 5.99. The van der Waals surface area contributed by atoms with Gasteiger partial charge in [0.15, 0.2) is 0 Å². The van der Waals surface area contributed by atoms with Crippen molar-refractivity contribution in [2.24, 2.45) is 0 Å². The lowest BCUT2D eigenvalue weighted by Gasteiger charge is -2.33. The van der Waals surface area contributed by atoms with Crippen molar-refractivity contribution in [2.45, 2.75) is 6.42 Å². The van der Waals surface area contributed by atoms with Gasteiger partial charge in [-0.25, -0.2) is 4.98 Å². The Balaban J connectivity index is 1.79. The van der Waals surface area contributed by atoms with E-state index in [0.29, 0.717) is 0 Å². The highest BCUT2D eigenvalue weighted by Crippen LogP contribution is 2.25. The van der Waals surface area contributed by atoms with Gasteiger partial charge >= 0.3 is 0 Å². The number of hydrogen-bond acceptors (Lipinski definition) is 4. The number of nitrogens with one attached hydrogen (secondary N) is 1. The van der Waals surface area contributed by atoms with Crippen molar-refractivity contribution in [1.29, 1.82) is 0 Å². The van der Waals surface area contributed by atoms with E-state index in [2.05, 4.69) is 33.2 Å². The van der Waals surface area contributed by atoms with E-state index < -0.39 is 0 Å². The van der Waals surface area contributed by atoms with Crippen LogP contribution < -0.4 is 10.2 Å². The predicted octanol–water partition coefficient (Wildman–Crippen LogP) is 0.801. The van der Waals surface area contributed by atoms with Crippen LogP contribution in [0.2, 0.25) is 0 Å². The Hall–Kier alpha value is -1.29. The Kier molecular flexibility index (Phi) is 2.44. The van der Waals surface area contributed by atoms with Crippen LogP contribution in [-0.4, -0.2) is 49.7 Å². The van der Waals surface area contributed by atoms with Crippen LogP contribution in [0.25, 0.3) is 0 Å². The third-order valence-corrected chi connectivity index (χ3v) is 3.51. The van der Waals surface area contributed by atoms with Crippen LogP contribution in [0.15, 0.2) is 12.3 Å². The standard InChI is InChI=1S/C12H18N4/c1-15-4-6-16(7-5-15)12-8-11-10(9-14-12)2-3-13-11/h8-9,13H,2-7H2,1H3. The second-order valence-electron chi connectivity index (χ2n) is 4.67. The molecule has 0 unspecified atom stereocenters. The minimum absolute atomic E-state index is 1.06. The third kappa shape index (κ3) is 1.73. The molecule has 0 amide bonds. The van der Waals surface area contributed by atoms with Crippen molar-refractivity contribution in [3.8, 4) is 0 Å². The minimum atomic E-state index is 1.06. The maximum atomic E-state index is 4.57. The number of piperazine rings is 1. The molecule has 86 valence electrons. The molecular formula is C12H18N4. The Morgan fingerprint density at radius 1 is 1.25 bits per heavy atom. The lowest BCUT2D eigenvalue weighted by Crippen LogP contribution is -2.44. The van der Waals surface area contributed by atoms with Crippen LogP contribution in [0.1, 0.15) is 5.56 Å². The zero-order valence-corrected chi connectivity index (χ0v) is 9.74. The number of aromatic nitrogens is 1. The number of hydrogen-bond donors (Lipinski definition) is 1. The largest absolute Gasteiger partial charge is 0.384 e. The molecule has 0 aliphatic carbocycles. The van der Waals surface area contributed by atoms with Gasteiger partial charge in [-0.05, 0) is 19.0 Å². The first kappa shape index (κ1) is 9.90. The van der Waals surface area contributed by atoms with Gasteiger partial charge in [0.1, 0.15) is 5.82 Å². The molecule has 0 atom stereocenters. The quantitative estimate of drug-likeness (QED) is 0.755. The van der Waals surface area contributed by atoms with Gasteiger partial charge < -0.3 is 15.1 Å². The summed E-state index contributed by atoms with van der Waals surface area (Å²) in [6.07, 6.45) is 3.15. The molecule has 3 rings (SSSR count). The highest BCUT2D eigenvalue weighted by atomic mass is 15.3. The molecule has 0 spiro atoms. The van der Waals surface area contributed by atoms with E-state index in [1.165, 1.54) is 11.3 Å². The lowest BCUT2D eigenvalue weighted by molar-refractivity contribution is 0.312. The van der Waals surface area contributed by atoms with Crippen LogP contribution in [0, 0.1) is 0 Å². The van der Waals surface area contributed by atoms with Crippen molar-refractivity contribution in [3.05, 3.63) is 17.8 Å². The fourth-order valence-electron chi connectivity index (χ4n) is 2.38. The molecule has 1 fully saturated rings. The highest BCUT2D eigenvalue weighted by molar-refractivity contribution is 5.61. The molecule has 2 aliphatic rings. The molecule has 3 heterocycles. The number of fused-ring (bicyclic) bond motifs is 1. The smallest absolute Gasteiger partial charge is 0.130 e. The van der Waals surface area contributed by atoms with Crippen molar-refractivity contribution >= 4 is 11.5 Å². The average molecular weight is 218 g/mol. The molecule has 1 saturated heterocycles. The molecule has 0 radical (unpaired) electrons. The zero-order chi connectivity index (χ0) is 11.0. The van der Waals surface area contributed by atoms with Crippen molar-refractivity contribution in [1.82, 2.24) is 9.88 Å². The van der Waals surface area contributed by atoms with Gasteiger partial charge in [0, 0.05) is 50.7 Å². The van der Waals surface area contributed by atoms with E-state index in [0.717, 1.165) is 45.0 Å². The molecule has 4 nitrogen and oxygen atoms in total. The predicted molar refractivity (Wildman–Crippen MR) is 66.1 cm³/mol. The number of nitrogens with zero attached hydrogens (tertiary/aromatic N) is 3. The van der Waals surface area contributed by atoms with Crippen LogP contribution in [0.3, 0.4) is 0 Å². The van der Waals surface area contributed by atoms with Crippen molar-refractivity contribution < 1.29 is 0 Å². The van der Waals surface area contributed by atoms with Gasteiger partial charge in [-0.15, -0.1) is 0 Å². The Labute approximate surface area is 96.3 Å². The zero-order valence-electron chi connectivity index (χ0n) is 9.74. The Morgan fingerprint density at radius 2 is 2.06 bits per heavy atom. The second kappa shape index (κ2) is 3.94. The van der Waals surface area contributed by atoms with Crippen LogP contribution >= 0.6 is 0 Å². The summed E-state index contributed by atoms with van der Waals surface area (Å²) in [7, 11) is 2.18. The van der Waals surface area contributed by atoms with Gasteiger partial charge in [-0.3, -0.25) is 0 Å². The average Bonchev–Trinajstić information content (AvgIpc) is 2.77. The monoisotopic (exact) mass is 218 g/mol. The summed E-state index contributed by atoms with van der Waals surface area (Å²) in [5.74, 6) is 1.13. The van der Waals surface area contributed by atoms with E-state index >= 15 is 0 Å². The molecular weight excluding hydrogens is 200 g/mol. The summed E-state index contributed by atoms with van der Waals surface area (Å²) in [5, 5.41) is 3.41. The van der Waals surface area contributed by atoms with Crippen molar-refractivity contribution in [3.63, 3.8) is 0 Å². The van der Waals surface area contributed by atoms with Crippen LogP contribution in [0.4, 0.5) is 11.5 Å². The molecule has 1 aromatic heterocycles. The van der Waals surface area contributed by atoms with E-state index in [-0.39, 0.29) is 0 Å². The Bertz CT molecular complexity index is 383. The van der Waals surface area contributed by atoms with Gasteiger partial charge in [0.05, 0.1) is 0 Å². The fraction of sp³-hybridized carbons (Fsp3) is 0.583. The fourth-order valence-corrected chi connectivity index (χ4v) is 2.38. The van der Waals surface area contributed by atoms with E-state index in [4.69, 9.17) is 0 Å². The van der Waals surface area contributed by atoms with Crippen molar-refractivity contribution in [2.75, 3.05) is 50.0 Å². The summed E-state index contributed by atoms with van der Waals surface area (Å²) in [6.45, 7) is 5.49. The van der Waals surface area contributed by atoms with E-state index in [9.17, 15) is 0 Å². The molecule has 0 bridgehead atoms. The van der Waals surface area contributed by atoms with Crippen LogP contribution in [-0.2, 0) is 6.42 Å². The normalized spacial score (nSPS) is 20.7. The second-order valence-corrected chi connectivity index (χ2v) is 4.67. The summed E-state index contributed by atoms with van der Waals surface area (Å²) < 4.78 is 0. The number of pyridine rings is 1. The molecule has 2 aliphatic heterocycles. The van der Waals surface area contributed by atoms with Gasteiger partial charge in [0.25, 0.3) is 0 Å². The highest BCUT2D eigenvalue weighted by Gasteiger charge is 2.17. The molecule has 16 heavy (non-hydrogen) atoms.